The minimum absolute atomic E-state index is 0.890. The molecule has 0 amide bonds. The van der Waals surface area contributed by atoms with Crippen molar-refractivity contribution in [2.45, 2.75) is 32.1 Å². The van der Waals surface area contributed by atoms with Gasteiger partial charge in [0.2, 0.25) is 0 Å². The summed E-state index contributed by atoms with van der Waals surface area (Å²) in [7, 11) is 1.55. The predicted molar refractivity (Wildman–Crippen MR) is 47.4 cm³/mol. The van der Waals surface area contributed by atoms with Crippen LogP contribution in [0.25, 0.3) is 0 Å². The first-order valence-electron chi connectivity index (χ1n) is 3.90. The number of hydrogen-bond donors (Lipinski definition) is 0. The largest absolute Gasteiger partial charge is 0.399 e. The average molecular weight is 153 g/mol. The summed E-state index contributed by atoms with van der Waals surface area (Å²) < 4.78 is 0. The SMILES string of the molecule is C#CCCCCC/C=N\OC. The van der Waals surface area contributed by atoms with E-state index in [1.54, 1.807) is 13.3 Å². The number of hydrogen-bond acceptors (Lipinski definition) is 2. The van der Waals surface area contributed by atoms with Crippen LogP contribution in [0.2, 0.25) is 0 Å². The quantitative estimate of drug-likeness (QED) is 0.248. The van der Waals surface area contributed by atoms with Gasteiger partial charge in [-0.3, -0.25) is 0 Å². The molecule has 0 aromatic heterocycles. The Labute approximate surface area is 68.6 Å². The first-order chi connectivity index (χ1) is 5.41. The van der Waals surface area contributed by atoms with Crippen molar-refractivity contribution in [3.8, 4) is 12.3 Å². The molecule has 0 bridgehead atoms. The van der Waals surface area contributed by atoms with Crippen LogP contribution in [0.4, 0.5) is 0 Å². The van der Waals surface area contributed by atoms with Gasteiger partial charge < -0.3 is 4.84 Å². The Morgan fingerprint density at radius 2 is 2.27 bits per heavy atom. The monoisotopic (exact) mass is 153 g/mol. The molecular formula is C9H15NO. The molecule has 0 radical (unpaired) electrons. The third-order valence-electron chi connectivity index (χ3n) is 1.33. The van der Waals surface area contributed by atoms with Crippen LogP contribution >= 0.6 is 0 Å². The summed E-state index contributed by atoms with van der Waals surface area (Å²) in [6.45, 7) is 0. The van der Waals surface area contributed by atoms with E-state index in [0.29, 0.717) is 0 Å². The van der Waals surface area contributed by atoms with E-state index >= 15 is 0 Å². The molecule has 0 atom stereocenters. The van der Waals surface area contributed by atoms with E-state index in [0.717, 1.165) is 25.7 Å². The highest BCUT2D eigenvalue weighted by molar-refractivity contribution is 5.55. The van der Waals surface area contributed by atoms with Gasteiger partial charge in [-0.2, -0.15) is 0 Å². The molecule has 0 saturated carbocycles. The molecule has 0 rings (SSSR count). The Kier molecular flexibility index (Phi) is 8.23. The normalized spacial score (nSPS) is 9.82. The maximum atomic E-state index is 5.09. The fourth-order valence-electron chi connectivity index (χ4n) is 0.767. The zero-order chi connectivity index (χ0) is 8.36. The van der Waals surface area contributed by atoms with Crippen molar-refractivity contribution in [1.82, 2.24) is 0 Å². The molecule has 0 aliphatic heterocycles. The highest BCUT2D eigenvalue weighted by atomic mass is 16.6. The molecule has 0 aliphatic rings. The fourth-order valence-corrected chi connectivity index (χ4v) is 0.767. The molecule has 0 aromatic rings. The Bertz CT molecular complexity index is 135. The van der Waals surface area contributed by atoms with Gasteiger partial charge in [-0.1, -0.05) is 11.6 Å². The Balaban J connectivity index is 2.91. The predicted octanol–water partition coefficient (Wildman–Crippen LogP) is 2.20. The van der Waals surface area contributed by atoms with Crippen LogP contribution in [0.5, 0.6) is 0 Å². The highest BCUT2D eigenvalue weighted by Gasteiger charge is 1.85. The van der Waals surface area contributed by atoms with Crippen molar-refractivity contribution in [3.63, 3.8) is 0 Å². The molecule has 0 aliphatic carbocycles. The summed E-state index contributed by atoms with van der Waals surface area (Å²) in [5.74, 6) is 2.61. The molecule has 0 heterocycles. The van der Waals surface area contributed by atoms with Crippen molar-refractivity contribution >= 4 is 6.21 Å². The third-order valence-corrected chi connectivity index (χ3v) is 1.33. The van der Waals surface area contributed by atoms with Crippen molar-refractivity contribution in [1.29, 1.82) is 0 Å². The Morgan fingerprint density at radius 1 is 1.45 bits per heavy atom. The van der Waals surface area contributed by atoms with Crippen LogP contribution in [0, 0.1) is 12.3 Å². The number of unbranched alkanes of at least 4 members (excludes halogenated alkanes) is 4. The zero-order valence-electron chi connectivity index (χ0n) is 7.05. The molecule has 2 heteroatoms. The lowest BCUT2D eigenvalue weighted by Gasteiger charge is -1.92. The van der Waals surface area contributed by atoms with E-state index < -0.39 is 0 Å². The molecule has 0 N–H and O–H groups in total. The molecule has 2 nitrogen and oxygen atoms in total. The molecule has 0 fully saturated rings. The van der Waals surface area contributed by atoms with Crippen molar-refractivity contribution in [2.24, 2.45) is 5.16 Å². The van der Waals surface area contributed by atoms with Gasteiger partial charge in [0.05, 0.1) is 0 Å². The Morgan fingerprint density at radius 3 is 2.91 bits per heavy atom. The van der Waals surface area contributed by atoms with E-state index in [4.69, 9.17) is 6.42 Å². The molecular weight excluding hydrogens is 138 g/mol. The lowest BCUT2D eigenvalue weighted by molar-refractivity contribution is 0.214. The van der Waals surface area contributed by atoms with Gasteiger partial charge in [0.15, 0.2) is 0 Å². The van der Waals surface area contributed by atoms with Crippen LogP contribution < -0.4 is 0 Å². The summed E-state index contributed by atoms with van der Waals surface area (Å²) in [6, 6.07) is 0. The van der Waals surface area contributed by atoms with Gasteiger partial charge in [-0.05, 0) is 19.3 Å². The topological polar surface area (TPSA) is 21.6 Å². The first-order valence-corrected chi connectivity index (χ1v) is 3.90. The van der Waals surface area contributed by atoms with Gasteiger partial charge in [-0.15, -0.1) is 12.3 Å². The van der Waals surface area contributed by atoms with Crippen LogP contribution in [-0.4, -0.2) is 13.3 Å². The standard InChI is InChI=1S/C9H15NO/c1-3-4-5-6-7-8-9-10-11-2/h1,9H,4-8H2,2H3/b10-9-. The number of oxime groups is 1. The van der Waals surface area contributed by atoms with Crippen LogP contribution in [0.3, 0.4) is 0 Å². The van der Waals surface area contributed by atoms with Gasteiger partial charge in [0.1, 0.15) is 7.11 Å². The summed E-state index contributed by atoms with van der Waals surface area (Å²) in [6.07, 6.45) is 12.2. The molecule has 11 heavy (non-hydrogen) atoms. The summed E-state index contributed by atoms with van der Waals surface area (Å²) >= 11 is 0. The van der Waals surface area contributed by atoms with E-state index in [9.17, 15) is 0 Å². The Hall–Kier alpha value is -0.970. The van der Waals surface area contributed by atoms with E-state index in [-0.39, 0.29) is 0 Å². The lowest BCUT2D eigenvalue weighted by Crippen LogP contribution is -1.79. The van der Waals surface area contributed by atoms with Crippen molar-refractivity contribution in [2.75, 3.05) is 7.11 Å². The van der Waals surface area contributed by atoms with Gasteiger partial charge in [0, 0.05) is 12.6 Å². The van der Waals surface area contributed by atoms with Crippen LogP contribution in [0.15, 0.2) is 5.16 Å². The van der Waals surface area contributed by atoms with E-state index in [1.807, 2.05) is 0 Å². The zero-order valence-corrected chi connectivity index (χ0v) is 7.05. The summed E-state index contributed by atoms with van der Waals surface area (Å²) in [4.78, 5) is 4.51. The number of rotatable bonds is 6. The van der Waals surface area contributed by atoms with E-state index in [2.05, 4.69) is 15.9 Å². The minimum Gasteiger partial charge on any atom is -0.399 e. The van der Waals surface area contributed by atoms with Gasteiger partial charge in [-0.25, -0.2) is 0 Å². The van der Waals surface area contributed by atoms with Gasteiger partial charge in [0.25, 0.3) is 0 Å². The van der Waals surface area contributed by atoms with Gasteiger partial charge >= 0.3 is 0 Å². The average Bonchev–Trinajstić information content (AvgIpc) is 2.03. The second-order valence-electron chi connectivity index (χ2n) is 2.27. The number of terminal acetylenes is 1. The molecule has 0 unspecified atom stereocenters. The maximum absolute atomic E-state index is 5.09. The molecule has 0 spiro atoms. The molecule has 62 valence electrons. The highest BCUT2D eigenvalue weighted by Crippen LogP contribution is 2.00. The molecule has 0 aromatic carbocycles. The fraction of sp³-hybridized carbons (Fsp3) is 0.667. The summed E-state index contributed by atoms with van der Waals surface area (Å²) in [5, 5.41) is 3.62. The minimum atomic E-state index is 0.890. The summed E-state index contributed by atoms with van der Waals surface area (Å²) in [5.41, 5.74) is 0. The second kappa shape index (κ2) is 9.03. The number of nitrogens with zero attached hydrogens (tertiary/aromatic N) is 1. The van der Waals surface area contributed by atoms with Crippen LogP contribution in [-0.2, 0) is 4.84 Å². The van der Waals surface area contributed by atoms with Crippen LogP contribution in [0.1, 0.15) is 32.1 Å². The van der Waals surface area contributed by atoms with Crippen molar-refractivity contribution < 1.29 is 4.84 Å². The second-order valence-corrected chi connectivity index (χ2v) is 2.27. The molecule has 0 saturated heterocycles. The lowest BCUT2D eigenvalue weighted by atomic mass is 10.2. The third kappa shape index (κ3) is 9.03. The smallest absolute Gasteiger partial charge is 0.106 e. The van der Waals surface area contributed by atoms with E-state index in [1.165, 1.54) is 6.42 Å². The maximum Gasteiger partial charge on any atom is 0.106 e. The first kappa shape index (κ1) is 10.0. The van der Waals surface area contributed by atoms with Crippen molar-refractivity contribution in [3.05, 3.63) is 0 Å².